The molecular formula is C20H20BrN3O5. The lowest BCUT2D eigenvalue weighted by Gasteiger charge is -2.18. The molecule has 9 heteroatoms. The molecule has 1 aliphatic heterocycles. The highest BCUT2D eigenvalue weighted by atomic mass is 79.9. The first-order chi connectivity index (χ1) is 13.9. The number of hydrogen-bond donors (Lipinski definition) is 2. The molecule has 1 heterocycles. The summed E-state index contributed by atoms with van der Waals surface area (Å²) >= 11 is 3.34. The van der Waals surface area contributed by atoms with Crippen molar-refractivity contribution in [2.24, 2.45) is 0 Å². The number of benzene rings is 2. The normalized spacial score (nSPS) is 17.2. The second-order valence-electron chi connectivity index (χ2n) is 6.37. The van der Waals surface area contributed by atoms with E-state index in [9.17, 15) is 14.4 Å². The van der Waals surface area contributed by atoms with Crippen LogP contribution in [-0.4, -0.2) is 37.0 Å². The average molecular weight is 462 g/mol. The Morgan fingerprint density at radius 2 is 1.90 bits per heavy atom. The van der Waals surface area contributed by atoms with Crippen LogP contribution in [0.5, 0.6) is 11.5 Å². The van der Waals surface area contributed by atoms with Crippen molar-refractivity contribution in [1.82, 2.24) is 10.9 Å². The van der Waals surface area contributed by atoms with Gasteiger partial charge in [-0.25, -0.2) is 10.3 Å². The molecule has 3 rings (SSSR count). The molecule has 0 aromatic heterocycles. The van der Waals surface area contributed by atoms with Crippen molar-refractivity contribution >= 4 is 39.3 Å². The van der Waals surface area contributed by atoms with Crippen molar-refractivity contribution in [2.75, 3.05) is 12.0 Å². The molecule has 2 aromatic carbocycles. The molecule has 2 N–H and O–H groups in total. The number of ether oxygens (including phenoxy) is 2. The molecule has 1 saturated heterocycles. The van der Waals surface area contributed by atoms with Gasteiger partial charge in [0.2, 0.25) is 5.91 Å². The fraction of sp³-hybridized carbons (Fsp3) is 0.250. The minimum Gasteiger partial charge on any atom is -0.497 e. The molecule has 2 atom stereocenters. The Hall–Kier alpha value is -2.91. The van der Waals surface area contributed by atoms with Crippen LogP contribution in [0.2, 0.25) is 0 Å². The summed E-state index contributed by atoms with van der Waals surface area (Å²) in [5, 5.41) is 0. The molecule has 8 nitrogen and oxygen atoms in total. The number of hydrazine groups is 1. The Morgan fingerprint density at radius 1 is 1.17 bits per heavy atom. The number of nitrogens with zero attached hydrogens (tertiary/aromatic N) is 1. The second kappa shape index (κ2) is 9.06. The summed E-state index contributed by atoms with van der Waals surface area (Å²) in [6.07, 6.45) is -0.867. The van der Waals surface area contributed by atoms with E-state index in [-0.39, 0.29) is 12.3 Å². The first-order valence-corrected chi connectivity index (χ1v) is 9.67. The Balaban J connectivity index is 1.57. The fourth-order valence-electron chi connectivity index (χ4n) is 2.81. The van der Waals surface area contributed by atoms with Crippen LogP contribution in [0, 0.1) is 0 Å². The lowest BCUT2D eigenvalue weighted by molar-refractivity contribution is -0.129. The lowest BCUT2D eigenvalue weighted by Crippen LogP contribution is -2.51. The smallest absolute Gasteiger partial charge is 0.274 e. The molecule has 1 aliphatic rings. The van der Waals surface area contributed by atoms with Gasteiger partial charge >= 0.3 is 0 Å². The Morgan fingerprint density at radius 3 is 2.55 bits per heavy atom. The van der Waals surface area contributed by atoms with Crippen LogP contribution in [-0.2, 0) is 14.4 Å². The van der Waals surface area contributed by atoms with Crippen molar-refractivity contribution in [3.05, 3.63) is 53.0 Å². The van der Waals surface area contributed by atoms with Gasteiger partial charge < -0.3 is 9.47 Å². The summed E-state index contributed by atoms with van der Waals surface area (Å²) < 4.78 is 11.5. The van der Waals surface area contributed by atoms with Crippen LogP contribution in [0.1, 0.15) is 13.3 Å². The number of imide groups is 1. The van der Waals surface area contributed by atoms with E-state index in [1.54, 1.807) is 49.4 Å². The fourth-order valence-corrected chi connectivity index (χ4v) is 3.18. The maximum Gasteiger partial charge on any atom is 0.274 e. The maximum atomic E-state index is 12.6. The highest BCUT2D eigenvalue weighted by Crippen LogP contribution is 2.25. The zero-order chi connectivity index (χ0) is 21.0. The average Bonchev–Trinajstić information content (AvgIpc) is 2.99. The van der Waals surface area contributed by atoms with E-state index < -0.39 is 24.0 Å². The minimum atomic E-state index is -0.855. The van der Waals surface area contributed by atoms with Gasteiger partial charge in [0.1, 0.15) is 17.5 Å². The molecular weight excluding hydrogens is 442 g/mol. The topological polar surface area (TPSA) is 97.0 Å². The van der Waals surface area contributed by atoms with Crippen molar-refractivity contribution in [1.29, 1.82) is 0 Å². The van der Waals surface area contributed by atoms with Gasteiger partial charge in [-0.3, -0.25) is 19.8 Å². The molecule has 0 saturated carbocycles. The number of carbonyl (C=O) groups excluding carboxylic acids is 3. The van der Waals surface area contributed by atoms with Gasteiger partial charge in [-0.05, 0) is 49.4 Å². The van der Waals surface area contributed by atoms with Crippen LogP contribution in [0.25, 0.3) is 0 Å². The monoisotopic (exact) mass is 461 g/mol. The van der Waals surface area contributed by atoms with Crippen LogP contribution < -0.4 is 25.2 Å². The Bertz CT molecular complexity index is 919. The van der Waals surface area contributed by atoms with E-state index in [0.717, 1.165) is 9.37 Å². The molecule has 29 heavy (non-hydrogen) atoms. The molecule has 1 fully saturated rings. The predicted octanol–water partition coefficient (Wildman–Crippen LogP) is 2.18. The predicted molar refractivity (Wildman–Crippen MR) is 109 cm³/mol. The van der Waals surface area contributed by atoms with Gasteiger partial charge in [0.15, 0.2) is 6.10 Å². The highest BCUT2D eigenvalue weighted by Gasteiger charge is 2.39. The van der Waals surface area contributed by atoms with E-state index in [4.69, 9.17) is 9.47 Å². The van der Waals surface area contributed by atoms with Crippen LogP contribution in [0.4, 0.5) is 5.69 Å². The van der Waals surface area contributed by atoms with Gasteiger partial charge in [0.05, 0.1) is 19.2 Å². The molecule has 0 spiro atoms. The lowest BCUT2D eigenvalue weighted by atomic mass is 10.2. The van der Waals surface area contributed by atoms with Crippen molar-refractivity contribution in [2.45, 2.75) is 25.5 Å². The summed E-state index contributed by atoms with van der Waals surface area (Å²) in [7, 11) is 1.53. The summed E-state index contributed by atoms with van der Waals surface area (Å²) in [6.45, 7) is 1.59. The van der Waals surface area contributed by atoms with Crippen LogP contribution >= 0.6 is 15.9 Å². The zero-order valence-corrected chi connectivity index (χ0v) is 17.4. The number of methoxy groups -OCH3 is 1. The molecule has 0 aliphatic carbocycles. The standard InChI is InChI=1S/C20H20BrN3O5/c1-12(29-16-5-3-4-13(21)10-16)19(26)23-22-17-11-18(25)24(20(17)27)14-6-8-15(28-2)9-7-14/h3-10,12,17,22H,11H2,1-2H3,(H,23,26)/t12-,17+/m0/s1. The summed E-state index contributed by atoms with van der Waals surface area (Å²) in [4.78, 5) is 38.3. The van der Waals surface area contributed by atoms with Crippen molar-refractivity contribution < 1.29 is 23.9 Å². The summed E-state index contributed by atoms with van der Waals surface area (Å²) in [5.41, 5.74) is 5.54. The maximum absolute atomic E-state index is 12.6. The second-order valence-corrected chi connectivity index (χ2v) is 7.29. The zero-order valence-electron chi connectivity index (χ0n) is 15.8. The Labute approximate surface area is 176 Å². The molecule has 3 amide bonds. The number of halogens is 1. The van der Waals surface area contributed by atoms with E-state index in [0.29, 0.717) is 17.2 Å². The van der Waals surface area contributed by atoms with Gasteiger partial charge in [-0.15, -0.1) is 0 Å². The third-order valence-corrected chi connectivity index (χ3v) is 4.82. The first kappa shape index (κ1) is 20.8. The first-order valence-electron chi connectivity index (χ1n) is 8.87. The quantitative estimate of drug-likeness (QED) is 0.484. The van der Waals surface area contributed by atoms with Crippen LogP contribution in [0.15, 0.2) is 53.0 Å². The number of anilines is 1. The summed E-state index contributed by atoms with van der Waals surface area (Å²) in [5.74, 6) is -0.117. The number of nitrogens with one attached hydrogen (secondary N) is 2. The third kappa shape index (κ3) is 4.93. The molecule has 152 valence electrons. The van der Waals surface area contributed by atoms with Gasteiger partial charge in [-0.2, -0.15) is 0 Å². The SMILES string of the molecule is COc1ccc(N2C(=O)C[C@@H](NNC(=O)[C@H](C)Oc3cccc(Br)c3)C2=O)cc1. The van der Waals surface area contributed by atoms with Gasteiger partial charge in [0.25, 0.3) is 11.8 Å². The number of carbonyl (C=O) groups is 3. The van der Waals surface area contributed by atoms with Crippen molar-refractivity contribution in [3.8, 4) is 11.5 Å². The number of amides is 3. The molecule has 0 radical (unpaired) electrons. The number of rotatable bonds is 7. The van der Waals surface area contributed by atoms with Gasteiger partial charge in [0, 0.05) is 4.47 Å². The molecule has 0 bridgehead atoms. The Kier molecular flexibility index (Phi) is 6.50. The van der Waals surface area contributed by atoms with E-state index in [1.807, 2.05) is 6.07 Å². The van der Waals surface area contributed by atoms with E-state index in [1.165, 1.54) is 7.11 Å². The minimum absolute atomic E-state index is 0.0635. The van der Waals surface area contributed by atoms with Crippen LogP contribution in [0.3, 0.4) is 0 Å². The third-order valence-electron chi connectivity index (χ3n) is 4.33. The van der Waals surface area contributed by atoms with Crippen molar-refractivity contribution in [3.63, 3.8) is 0 Å². The highest BCUT2D eigenvalue weighted by molar-refractivity contribution is 9.10. The molecule has 0 unspecified atom stereocenters. The number of hydrogen-bond acceptors (Lipinski definition) is 6. The van der Waals surface area contributed by atoms with Gasteiger partial charge in [-0.1, -0.05) is 22.0 Å². The summed E-state index contributed by atoms with van der Waals surface area (Å²) in [6, 6.07) is 12.8. The largest absolute Gasteiger partial charge is 0.497 e. The van der Waals surface area contributed by atoms with E-state index >= 15 is 0 Å². The molecule has 2 aromatic rings. The van der Waals surface area contributed by atoms with E-state index in [2.05, 4.69) is 26.8 Å².